The molecule has 0 saturated heterocycles. The number of benzene rings is 1. The van der Waals surface area contributed by atoms with Gasteiger partial charge in [-0.15, -0.1) is 0 Å². The van der Waals surface area contributed by atoms with Crippen LogP contribution >= 0.6 is 27.5 Å². The van der Waals surface area contributed by atoms with Crippen LogP contribution in [0.5, 0.6) is 0 Å². The lowest BCUT2D eigenvalue weighted by Gasteiger charge is -2.05. The molecule has 0 aliphatic carbocycles. The van der Waals surface area contributed by atoms with E-state index >= 15 is 0 Å². The van der Waals surface area contributed by atoms with Crippen LogP contribution in [0.2, 0.25) is 5.02 Å². The molecule has 4 nitrogen and oxygen atoms in total. The molecule has 88 valence electrons. The average molecular weight is 317 g/mol. The van der Waals surface area contributed by atoms with Crippen molar-refractivity contribution in [3.63, 3.8) is 0 Å². The van der Waals surface area contributed by atoms with E-state index in [1.165, 1.54) is 13.2 Å². The molecule has 1 aromatic carbocycles. The van der Waals surface area contributed by atoms with Crippen molar-refractivity contribution in [2.45, 2.75) is 0 Å². The minimum Gasteiger partial charge on any atom is -0.464 e. The maximum absolute atomic E-state index is 11.9. The SMILES string of the molecule is COC(=O)c1cc(=O)c2c(Br)ccc(Cl)c2[nH]1. The number of carbonyl (C=O) groups is 1. The van der Waals surface area contributed by atoms with Crippen molar-refractivity contribution in [3.05, 3.63) is 43.6 Å². The first-order valence-corrected chi connectivity index (χ1v) is 5.81. The van der Waals surface area contributed by atoms with Gasteiger partial charge >= 0.3 is 5.97 Å². The summed E-state index contributed by atoms with van der Waals surface area (Å²) in [5.41, 5.74) is 0.187. The first-order chi connectivity index (χ1) is 8.04. The maximum atomic E-state index is 11.9. The molecular weight excluding hydrogens is 309 g/mol. The van der Waals surface area contributed by atoms with Gasteiger partial charge in [0.05, 0.1) is 23.0 Å². The Kier molecular flexibility index (Phi) is 3.22. The molecule has 6 heteroatoms. The third-order valence-corrected chi connectivity index (χ3v) is 3.27. The molecule has 0 aliphatic rings. The number of rotatable bonds is 1. The number of ether oxygens (including phenoxy) is 1. The fraction of sp³-hybridized carbons (Fsp3) is 0.0909. The number of H-pyrrole nitrogens is 1. The number of halogens is 2. The molecule has 0 spiro atoms. The summed E-state index contributed by atoms with van der Waals surface area (Å²) in [5, 5.41) is 0.774. The highest BCUT2D eigenvalue weighted by Crippen LogP contribution is 2.26. The van der Waals surface area contributed by atoms with Crippen LogP contribution in [0.25, 0.3) is 10.9 Å². The topological polar surface area (TPSA) is 59.2 Å². The lowest BCUT2D eigenvalue weighted by molar-refractivity contribution is 0.0594. The quantitative estimate of drug-likeness (QED) is 0.823. The molecule has 1 aromatic heterocycles. The molecule has 1 N–H and O–H groups in total. The Balaban J connectivity index is 2.87. The van der Waals surface area contributed by atoms with Crippen molar-refractivity contribution >= 4 is 44.4 Å². The summed E-state index contributed by atoms with van der Waals surface area (Å²) in [4.78, 5) is 26.0. The summed E-state index contributed by atoms with van der Waals surface area (Å²) >= 11 is 9.24. The van der Waals surface area contributed by atoms with Gasteiger partial charge in [0, 0.05) is 10.5 Å². The molecule has 17 heavy (non-hydrogen) atoms. The minimum absolute atomic E-state index is 0.0741. The second-order valence-corrected chi connectivity index (χ2v) is 4.58. The fourth-order valence-electron chi connectivity index (χ4n) is 1.51. The zero-order valence-electron chi connectivity index (χ0n) is 8.71. The maximum Gasteiger partial charge on any atom is 0.354 e. The largest absolute Gasteiger partial charge is 0.464 e. The van der Waals surface area contributed by atoms with Gasteiger partial charge in [0.2, 0.25) is 0 Å². The van der Waals surface area contributed by atoms with Crippen LogP contribution in [0.15, 0.2) is 27.5 Å². The first-order valence-electron chi connectivity index (χ1n) is 4.64. The number of esters is 1. The van der Waals surface area contributed by atoms with E-state index in [4.69, 9.17) is 11.6 Å². The molecule has 2 rings (SSSR count). The number of aromatic amines is 1. The third-order valence-electron chi connectivity index (χ3n) is 2.29. The molecular formula is C11H7BrClNO3. The Morgan fingerprint density at radius 3 is 2.82 bits per heavy atom. The van der Waals surface area contributed by atoms with Crippen molar-refractivity contribution in [3.8, 4) is 0 Å². The predicted octanol–water partition coefficient (Wildman–Crippen LogP) is 2.73. The zero-order chi connectivity index (χ0) is 12.6. The van der Waals surface area contributed by atoms with Crippen LogP contribution in [0, 0.1) is 0 Å². The Morgan fingerprint density at radius 2 is 2.18 bits per heavy atom. The molecule has 0 fully saturated rings. The predicted molar refractivity (Wildman–Crippen MR) is 68.6 cm³/mol. The van der Waals surface area contributed by atoms with Crippen LogP contribution in [0.3, 0.4) is 0 Å². The Labute approximate surface area is 110 Å². The van der Waals surface area contributed by atoms with Crippen molar-refractivity contribution in [2.24, 2.45) is 0 Å². The Bertz CT molecular complexity index is 666. The highest BCUT2D eigenvalue weighted by atomic mass is 79.9. The van der Waals surface area contributed by atoms with E-state index in [0.29, 0.717) is 20.4 Å². The second-order valence-electron chi connectivity index (χ2n) is 3.32. The molecule has 0 radical (unpaired) electrons. The van der Waals surface area contributed by atoms with Gasteiger partial charge in [0.1, 0.15) is 5.69 Å². The molecule has 0 unspecified atom stereocenters. The summed E-state index contributed by atoms with van der Waals surface area (Å²) in [6.45, 7) is 0. The van der Waals surface area contributed by atoms with Crippen molar-refractivity contribution < 1.29 is 9.53 Å². The van der Waals surface area contributed by atoms with Gasteiger partial charge in [-0.05, 0) is 28.1 Å². The average Bonchev–Trinajstić information content (AvgIpc) is 2.32. The van der Waals surface area contributed by atoms with Gasteiger partial charge in [-0.1, -0.05) is 11.6 Å². The van der Waals surface area contributed by atoms with Crippen LogP contribution in [-0.2, 0) is 4.74 Å². The molecule has 0 atom stereocenters. The fourth-order valence-corrected chi connectivity index (χ4v) is 2.24. The van der Waals surface area contributed by atoms with Gasteiger partial charge in [-0.2, -0.15) is 0 Å². The number of carbonyl (C=O) groups excluding carboxylic acids is 1. The van der Waals surface area contributed by atoms with E-state index in [2.05, 4.69) is 25.7 Å². The third kappa shape index (κ3) is 2.08. The number of aromatic nitrogens is 1. The zero-order valence-corrected chi connectivity index (χ0v) is 11.1. The van der Waals surface area contributed by atoms with E-state index < -0.39 is 5.97 Å². The van der Waals surface area contributed by atoms with Crippen LogP contribution in [0.4, 0.5) is 0 Å². The van der Waals surface area contributed by atoms with Gasteiger partial charge in [-0.25, -0.2) is 4.79 Å². The smallest absolute Gasteiger partial charge is 0.354 e. The Morgan fingerprint density at radius 1 is 1.47 bits per heavy atom. The molecule has 0 amide bonds. The van der Waals surface area contributed by atoms with Crippen LogP contribution in [0.1, 0.15) is 10.5 Å². The minimum atomic E-state index is -0.611. The standard InChI is InChI=1S/C11H7BrClNO3/c1-17-11(16)7-4-8(15)9-5(12)2-3-6(13)10(9)14-7/h2-4H,1H3,(H,14,15). The number of pyridine rings is 1. The van der Waals surface area contributed by atoms with Gasteiger partial charge in [0.25, 0.3) is 0 Å². The number of hydrogen-bond acceptors (Lipinski definition) is 3. The second kappa shape index (κ2) is 4.50. The van der Waals surface area contributed by atoms with Gasteiger partial charge < -0.3 is 9.72 Å². The number of nitrogens with one attached hydrogen (secondary N) is 1. The number of hydrogen-bond donors (Lipinski definition) is 1. The molecule has 1 heterocycles. The lowest BCUT2D eigenvalue weighted by Crippen LogP contribution is -2.11. The van der Waals surface area contributed by atoms with Crippen molar-refractivity contribution in [1.29, 1.82) is 0 Å². The van der Waals surface area contributed by atoms with Gasteiger partial charge in [-0.3, -0.25) is 4.79 Å². The van der Waals surface area contributed by atoms with E-state index in [0.717, 1.165) is 0 Å². The van der Waals surface area contributed by atoms with Crippen LogP contribution < -0.4 is 5.43 Å². The Hall–Kier alpha value is -1.33. The van der Waals surface area contributed by atoms with Gasteiger partial charge in [0.15, 0.2) is 5.43 Å². The monoisotopic (exact) mass is 315 g/mol. The summed E-state index contributed by atoms with van der Waals surface area (Å²) in [5.74, 6) is -0.611. The lowest BCUT2D eigenvalue weighted by atomic mass is 10.2. The number of methoxy groups -OCH3 is 1. The van der Waals surface area contributed by atoms with E-state index in [-0.39, 0.29) is 11.1 Å². The van der Waals surface area contributed by atoms with Crippen LogP contribution in [-0.4, -0.2) is 18.1 Å². The van der Waals surface area contributed by atoms with E-state index in [9.17, 15) is 9.59 Å². The molecule has 0 bridgehead atoms. The van der Waals surface area contributed by atoms with Crippen molar-refractivity contribution in [2.75, 3.05) is 7.11 Å². The first kappa shape index (κ1) is 12.1. The summed E-state index contributed by atoms with van der Waals surface area (Å²) in [7, 11) is 1.24. The van der Waals surface area contributed by atoms with E-state index in [1.54, 1.807) is 12.1 Å². The molecule has 2 aromatic rings. The van der Waals surface area contributed by atoms with Crippen molar-refractivity contribution in [1.82, 2.24) is 4.98 Å². The number of fused-ring (bicyclic) bond motifs is 1. The summed E-state index contributed by atoms with van der Waals surface area (Å²) < 4.78 is 5.17. The summed E-state index contributed by atoms with van der Waals surface area (Å²) in [6.07, 6.45) is 0. The summed E-state index contributed by atoms with van der Waals surface area (Å²) in [6, 6.07) is 4.50. The normalized spacial score (nSPS) is 10.5. The molecule has 0 saturated carbocycles. The highest BCUT2D eigenvalue weighted by Gasteiger charge is 2.13. The molecule has 0 aliphatic heterocycles. The highest BCUT2D eigenvalue weighted by molar-refractivity contribution is 9.10. The van der Waals surface area contributed by atoms with E-state index in [1.807, 2.05) is 0 Å².